The first kappa shape index (κ1) is 27.9. The van der Waals surface area contributed by atoms with E-state index in [0.29, 0.717) is 0 Å². The molecule has 0 amide bonds. The van der Waals surface area contributed by atoms with Crippen molar-refractivity contribution < 1.29 is 4.42 Å². The first-order valence-corrected chi connectivity index (χ1v) is 16.3. The van der Waals surface area contributed by atoms with Crippen LogP contribution < -0.4 is 4.90 Å². The van der Waals surface area contributed by atoms with Gasteiger partial charge in [0, 0.05) is 38.8 Å². The van der Waals surface area contributed by atoms with Crippen LogP contribution in [-0.2, 0) is 0 Å². The summed E-state index contributed by atoms with van der Waals surface area (Å²) < 4.78 is 6.63. The molecule has 2 nitrogen and oxygen atoms in total. The average molecular weight is 614 g/mol. The van der Waals surface area contributed by atoms with E-state index in [9.17, 15) is 0 Å². The van der Waals surface area contributed by atoms with Crippen LogP contribution in [0, 0.1) is 0 Å². The second-order valence-corrected chi connectivity index (χ2v) is 12.2. The van der Waals surface area contributed by atoms with Crippen molar-refractivity contribution in [2.24, 2.45) is 0 Å². The topological polar surface area (TPSA) is 16.4 Å². The molecule has 0 N–H and O–H groups in total. The minimum absolute atomic E-state index is 0.929. The standard InChI is InChI=1S/C46H31NO/c1-3-14-38(15-4-1)47(39-16-5-2-6-17-39)40-28-25-33(26-29-40)32-21-23-34(24-22-32)36-12-9-13-37(31-36)42-19-10-20-43-44-30-27-35-11-7-8-18-41(35)45(44)48-46(42)43/h1-31H. The Morgan fingerprint density at radius 1 is 0.312 bits per heavy atom. The van der Waals surface area contributed by atoms with Gasteiger partial charge in [-0.2, -0.15) is 0 Å². The number of fused-ring (bicyclic) bond motifs is 5. The summed E-state index contributed by atoms with van der Waals surface area (Å²) in [4.78, 5) is 2.29. The van der Waals surface area contributed by atoms with Gasteiger partial charge in [0.1, 0.15) is 11.2 Å². The third-order valence-electron chi connectivity index (χ3n) is 9.27. The molecule has 0 fully saturated rings. The van der Waals surface area contributed by atoms with E-state index >= 15 is 0 Å². The van der Waals surface area contributed by atoms with Crippen LogP contribution in [0.4, 0.5) is 17.1 Å². The summed E-state index contributed by atoms with van der Waals surface area (Å²) in [5.74, 6) is 0. The number of rotatable bonds is 6. The fourth-order valence-electron chi connectivity index (χ4n) is 6.88. The fraction of sp³-hybridized carbons (Fsp3) is 0. The zero-order valence-electron chi connectivity index (χ0n) is 26.3. The molecule has 226 valence electrons. The van der Waals surface area contributed by atoms with Crippen LogP contribution in [0.15, 0.2) is 192 Å². The SMILES string of the molecule is c1ccc(N(c2ccccc2)c2ccc(-c3ccc(-c4cccc(-c5cccc6c5oc5c7ccccc7ccc65)c4)cc3)cc2)cc1. The molecule has 1 aromatic heterocycles. The first-order chi connectivity index (χ1) is 23.8. The van der Waals surface area contributed by atoms with E-state index < -0.39 is 0 Å². The number of nitrogens with zero attached hydrogens (tertiary/aromatic N) is 1. The Hall–Kier alpha value is -6.38. The number of benzene rings is 8. The third-order valence-corrected chi connectivity index (χ3v) is 9.27. The summed E-state index contributed by atoms with van der Waals surface area (Å²) >= 11 is 0. The Morgan fingerprint density at radius 3 is 1.54 bits per heavy atom. The number of hydrogen-bond donors (Lipinski definition) is 0. The largest absolute Gasteiger partial charge is 0.455 e. The molecule has 2 heteroatoms. The molecule has 0 spiro atoms. The highest BCUT2D eigenvalue weighted by Crippen LogP contribution is 2.40. The van der Waals surface area contributed by atoms with Crippen LogP contribution in [0.25, 0.3) is 66.1 Å². The molecular formula is C46H31NO. The lowest BCUT2D eigenvalue weighted by molar-refractivity contribution is 0.674. The normalized spacial score (nSPS) is 11.3. The van der Waals surface area contributed by atoms with Crippen molar-refractivity contribution in [1.82, 2.24) is 0 Å². The lowest BCUT2D eigenvalue weighted by atomic mass is 9.96. The molecule has 0 aliphatic heterocycles. The molecule has 9 aromatic rings. The van der Waals surface area contributed by atoms with E-state index in [4.69, 9.17) is 4.42 Å². The molecule has 8 aromatic carbocycles. The maximum Gasteiger partial charge on any atom is 0.143 e. The first-order valence-electron chi connectivity index (χ1n) is 16.3. The minimum atomic E-state index is 0.929. The Kier molecular flexibility index (Phi) is 6.84. The van der Waals surface area contributed by atoms with Crippen LogP contribution in [0.1, 0.15) is 0 Å². The highest BCUT2D eigenvalue weighted by Gasteiger charge is 2.15. The summed E-state index contributed by atoms with van der Waals surface area (Å²) in [5, 5.41) is 4.63. The monoisotopic (exact) mass is 613 g/mol. The fourth-order valence-corrected chi connectivity index (χ4v) is 6.88. The Labute approximate surface area is 279 Å². The van der Waals surface area contributed by atoms with Crippen LogP contribution in [-0.4, -0.2) is 0 Å². The quantitative estimate of drug-likeness (QED) is 0.185. The van der Waals surface area contributed by atoms with Crippen molar-refractivity contribution in [3.8, 4) is 33.4 Å². The van der Waals surface area contributed by atoms with Gasteiger partial charge in [0.2, 0.25) is 0 Å². The summed E-state index contributed by atoms with van der Waals surface area (Å²) in [7, 11) is 0. The highest BCUT2D eigenvalue weighted by atomic mass is 16.3. The molecule has 0 unspecified atom stereocenters. The second-order valence-electron chi connectivity index (χ2n) is 12.2. The Balaban J connectivity index is 1.02. The van der Waals surface area contributed by atoms with Crippen LogP contribution in [0.2, 0.25) is 0 Å². The lowest BCUT2D eigenvalue weighted by Crippen LogP contribution is -2.09. The van der Waals surface area contributed by atoms with Crippen LogP contribution >= 0.6 is 0 Å². The van der Waals surface area contributed by atoms with E-state index in [1.807, 2.05) is 0 Å². The Morgan fingerprint density at radius 2 is 0.833 bits per heavy atom. The van der Waals surface area contributed by atoms with Crippen molar-refractivity contribution in [1.29, 1.82) is 0 Å². The number of para-hydroxylation sites is 3. The van der Waals surface area contributed by atoms with Crippen molar-refractivity contribution in [2.75, 3.05) is 4.90 Å². The molecule has 0 saturated carbocycles. The van der Waals surface area contributed by atoms with Crippen molar-refractivity contribution >= 4 is 49.8 Å². The number of anilines is 3. The van der Waals surface area contributed by atoms with Crippen LogP contribution in [0.5, 0.6) is 0 Å². The summed E-state index contributed by atoms with van der Waals surface area (Å²) in [6.07, 6.45) is 0. The van der Waals surface area contributed by atoms with Gasteiger partial charge in [-0.25, -0.2) is 0 Å². The molecule has 9 rings (SSSR count). The molecule has 1 heterocycles. The molecule has 48 heavy (non-hydrogen) atoms. The predicted octanol–water partition coefficient (Wildman–Crippen LogP) is 13.2. The van der Waals surface area contributed by atoms with Gasteiger partial charge in [-0.15, -0.1) is 0 Å². The van der Waals surface area contributed by atoms with E-state index in [2.05, 4.69) is 193 Å². The van der Waals surface area contributed by atoms with Gasteiger partial charge in [-0.1, -0.05) is 140 Å². The van der Waals surface area contributed by atoms with Gasteiger partial charge in [-0.3, -0.25) is 0 Å². The number of hydrogen-bond acceptors (Lipinski definition) is 2. The molecule has 0 radical (unpaired) electrons. The summed E-state index contributed by atoms with van der Waals surface area (Å²) in [6, 6.07) is 66.7. The van der Waals surface area contributed by atoms with Gasteiger partial charge in [0.15, 0.2) is 0 Å². The van der Waals surface area contributed by atoms with E-state index in [1.165, 1.54) is 27.6 Å². The maximum atomic E-state index is 6.63. The molecule has 0 atom stereocenters. The van der Waals surface area contributed by atoms with Gasteiger partial charge in [0.05, 0.1) is 0 Å². The van der Waals surface area contributed by atoms with E-state index in [1.54, 1.807) is 0 Å². The average Bonchev–Trinajstić information content (AvgIpc) is 3.56. The minimum Gasteiger partial charge on any atom is -0.455 e. The van der Waals surface area contributed by atoms with E-state index in [-0.39, 0.29) is 0 Å². The summed E-state index contributed by atoms with van der Waals surface area (Å²) in [5.41, 5.74) is 12.2. The van der Waals surface area contributed by atoms with Crippen LogP contribution in [0.3, 0.4) is 0 Å². The molecule has 0 aliphatic carbocycles. The molecular weight excluding hydrogens is 583 g/mol. The molecule has 0 saturated heterocycles. The van der Waals surface area contributed by atoms with E-state index in [0.717, 1.165) is 55.5 Å². The smallest absolute Gasteiger partial charge is 0.143 e. The van der Waals surface area contributed by atoms with Gasteiger partial charge in [0.25, 0.3) is 0 Å². The van der Waals surface area contributed by atoms with Crippen molar-refractivity contribution in [2.45, 2.75) is 0 Å². The molecule has 0 aliphatic rings. The summed E-state index contributed by atoms with van der Waals surface area (Å²) in [6.45, 7) is 0. The second kappa shape index (κ2) is 11.8. The van der Waals surface area contributed by atoms with Crippen molar-refractivity contribution in [3.05, 3.63) is 188 Å². The predicted molar refractivity (Wildman–Crippen MR) is 202 cm³/mol. The number of furan rings is 1. The maximum absolute atomic E-state index is 6.63. The zero-order valence-corrected chi connectivity index (χ0v) is 26.3. The third kappa shape index (κ3) is 4.92. The van der Waals surface area contributed by atoms with Gasteiger partial charge in [-0.05, 0) is 81.7 Å². The molecule has 0 bridgehead atoms. The van der Waals surface area contributed by atoms with Crippen molar-refractivity contribution in [3.63, 3.8) is 0 Å². The highest BCUT2D eigenvalue weighted by molar-refractivity contribution is 6.17. The Bertz CT molecular complexity index is 2490. The zero-order chi connectivity index (χ0) is 31.9. The lowest BCUT2D eigenvalue weighted by Gasteiger charge is -2.25. The van der Waals surface area contributed by atoms with Gasteiger partial charge >= 0.3 is 0 Å². The van der Waals surface area contributed by atoms with Gasteiger partial charge < -0.3 is 9.32 Å².